The lowest BCUT2D eigenvalue weighted by atomic mass is 10.2. The van der Waals surface area contributed by atoms with Gasteiger partial charge in [0.15, 0.2) is 11.5 Å². The second-order valence-corrected chi connectivity index (χ2v) is 4.49. The molecule has 1 aromatic carbocycles. The van der Waals surface area contributed by atoms with Crippen LogP contribution in [0.3, 0.4) is 0 Å². The molecule has 1 aromatic rings. The van der Waals surface area contributed by atoms with Crippen LogP contribution in [0.1, 0.15) is 24.2 Å². The third-order valence-corrected chi connectivity index (χ3v) is 2.85. The van der Waals surface area contributed by atoms with Crippen molar-refractivity contribution in [3.63, 3.8) is 0 Å². The zero-order chi connectivity index (χ0) is 14.3. The number of carbonyl (C=O) groups is 1. The Hall–Kier alpha value is -1.27. The molecule has 6 heteroatoms. The number of benzene rings is 1. The summed E-state index contributed by atoms with van der Waals surface area (Å²) in [4.78, 5) is 11.8. The minimum absolute atomic E-state index is 0.0950. The molecule has 2 N–H and O–H groups in total. The maximum Gasteiger partial charge on any atom is 0.251 e. The monoisotopic (exact) mass is 331 g/mol. The van der Waals surface area contributed by atoms with Crippen LogP contribution < -0.4 is 14.8 Å². The van der Waals surface area contributed by atoms with Crippen molar-refractivity contribution in [1.82, 2.24) is 5.32 Å². The number of nitrogens with one attached hydrogen (secondary N) is 1. The van der Waals surface area contributed by atoms with E-state index in [1.165, 1.54) is 0 Å². The summed E-state index contributed by atoms with van der Waals surface area (Å²) in [5, 5.41) is 11.3. The second-order valence-electron chi connectivity index (χ2n) is 3.63. The standard InChI is InChI=1S/C13H18BrNO4/c1-3-18-11-8-9(13(17)15-5-6-16)7-10(14)12(11)19-4-2/h7-8,16H,3-6H2,1-2H3,(H,15,17). The summed E-state index contributed by atoms with van der Waals surface area (Å²) in [6, 6.07) is 3.30. The number of carbonyl (C=O) groups excluding carboxylic acids is 1. The number of aliphatic hydroxyl groups excluding tert-OH is 1. The Balaban J connectivity index is 3.05. The van der Waals surface area contributed by atoms with Crippen LogP contribution in [-0.4, -0.2) is 37.4 Å². The van der Waals surface area contributed by atoms with Crippen molar-refractivity contribution in [2.24, 2.45) is 0 Å². The molecule has 0 heterocycles. The lowest BCUT2D eigenvalue weighted by Crippen LogP contribution is -2.26. The highest BCUT2D eigenvalue weighted by Gasteiger charge is 2.15. The van der Waals surface area contributed by atoms with E-state index in [1.807, 2.05) is 13.8 Å². The van der Waals surface area contributed by atoms with Gasteiger partial charge in [0.25, 0.3) is 5.91 Å². The third-order valence-electron chi connectivity index (χ3n) is 2.26. The highest BCUT2D eigenvalue weighted by atomic mass is 79.9. The van der Waals surface area contributed by atoms with E-state index >= 15 is 0 Å². The van der Waals surface area contributed by atoms with Crippen molar-refractivity contribution in [2.75, 3.05) is 26.4 Å². The highest BCUT2D eigenvalue weighted by molar-refractivity contribution is 9.10. The number of rotatable bonds is 7. The predicted octanol–water partition coefficient (Wildman–Crippen LogP) is 1.97. The van der Waals surface area contributed by atoms with E-state index in [4.69, 9.17) is 14.6 Å². The molecule has 0 spiro atoms. The molecule has 0 saturated heterocycles. The number of ether oxygens (including phenoxy) is 2. The van der Waals surface area contributed by atoms with Gasteiger partial charge in [0.1, 0.15) is 0 Å². The molecule has 0 aliphatic heterocycles. The first kappa shape index (κ1) is 15.8. The molecule has 0 aromatic heterocycles. The summed E-state index contributed by atoms with van der Waals surface area (Å²) in [5.41, 5.74) is 0.451. The van der Waals surface area contributed by atoms with E-state index in [9.17, 15) is 4.79 Å². The first-order valence-corrected chi connectivity index (χ1v) is 6.91. The molecule has 0 fully saturated rings. The van der Waals surface area contributed by atoms with Crippen LogP contribution >= 0.6 is 15.9 Å². The number of hydrogen-bond donors (Lipinski definition) is 2. The average molecular weight is 332 g/mol. The fraction of sp³-hybridized carbons (Fsp3) is 0.462. The molecule has 0 aliphatic carbocycles. The fourth-order valence-electron chi connectivity index (χ4n) is 1.52. The van der Waals surface area contributed by atoms with Crippen molar-refractivity contribution in [3.05, 3.63) is 22.2 Å². The molecule has 0 unspecified atom stereocenters. The molecule has 5 nitrogen and oxygen atoms in total. The van der Waals surface area contributed by atoms with Gasteiger partial charge in [-0.2, -0.15) is 0 Å². The quantitative estimate of drug-likeness (QED) is 0.801. The Morgan fingerprint density at radius 2 is 2.00 bits per heavy atom. The molecule has 19 heavy (non-hydrogen) atoms. The normalized spacial score (nSPS) is 10.1. The van der Waals surface area contributed by atoms with Crippen molar-refractivity contribution in [3.8, 4) is 11.5 Å². The number of aliphatic hydroxyl groups is 1. The minimum atomic E-state index is -0.265. The summed E-state index contributed by atoms with van der Waals surface area (Å²) in [6.45, 7) is 4.85. The van der Waals surface area contributed by atoms with Crippen LogP contribution in [0.2, 0.25) is 0 Å². The van der Waals surface area contributed by atoms with Gasteiger partial charge in [0.05, 0.1) is 24.3 Å². The van der Waals surface area contributed by atoms with Gasteiger partial charge in [-0.25, -0.2) is 0 Å². The molecule has 0 aliphatic rings. The Morgan fingerprint density at radius 1 is 1.32 bits per heavy atom. The molecule has 0 radical (unpaired) electrons. The molecular formula is C13H18BrNO4. The van der Waals surface area contributed by atoms with Crippen LogP contribution in [0.5, 0.6) is 11.5 Å². The van der Waals surface area contributed by atoms with Gasteiger partial charge in [-0.1, -0.05) is 0 Å². The minimum Gasteiger partial charge on any atom is -0.490 e. The Morgan fingerprint density at radius 3 is 2.58 bits per heavy atom. The smallest absolute Gasteiger partial charge is 0.251 e. The summed E-state index contributed by atoms with van der Waals surface area (Å²) in [6.07, 6.45) is 0. The predicted molar refractivity (Wildman–Crippen MR) is 75.9 cm³/mol. The Kier molecular flexibility index (Phi) is 6.66. The molecule has 0 bridgehead atoms. The van der Waals surface area contributed by atoms with E-state index in [2.05, 4.69) is 21.2 Å². The van der Waals surface area contributed by atoms with E-state index in [-0.39, 0.29) is 19.1 Å². The Bertz CT molecular complexity index is 437. The number of amides is 1. The van der Waals surface area contributed by atoms with Crippen molar-refractivity contribution in [2.45, 2.75) is 13.8 Å². The van der Waals surface area contributed by atoms with Gasteiger partial charge in [-0.15, -0.1) is 0 Å². The van der Waals surface area contributed by atoms with Gasteiger partial charge in [-0.05, 0) is 41.9 Å². The van der Waals surface area contributed by atoms with Crippen molar-refractivity contribution < 1.29 is 19.4 Å². The zero-order valence-corrected chi connectivity index (χ0v) is 12.6. The first-order valence-electron chi connectivity index (χ1n) is 6.12. The lowest BCUT2D eigenvalue weighted by molar-refractivity contribution is 0.0944. The van der Waals surface area contributed by atoms with Crippen LogP contribution in [0, 0.1) is 0 Å². The Labute approximate surface area is 121 Å². The van der Waals surface area contributed by atoms with Crippen LogP contribution in [0.15, 0.2) is 16.6 Å². The van der Waals surface area contributed by atoms with Crippen molar-refractivity contribution >= 4 is 21.8 Å². The summed E-state index contributed by atoms with van der Waals surface area (Å²) < 4.78 is 11.6. The van der Waals surface area contributed by atoms with E-state index in [0.717, 1.165) is 0 Å². The zero-order valence-electron chi connectivity index (χ0n) is 11.0. The third kappa shape index (κ3) is 4.40. The summed E-state index contributed by atoms with van der Waals surface area (Å²) in [7, 11) is 0. The van der Waals surface area contributed by atoms with Gasteiger partial charge in [0, 0.05) is 12.1 Å². The maximum atomic E-state index is 11.8. The maximum absolute atomic E-state index is 11.8. The lowest BCUT2D eigenvalue weighted by Gasteiger charge is -2.14. The number of hydrogen-bond acceptors (Lipinski definition) is 4. The topological polar surface area (TPSA) is 67.8 Å². The highest BCUT2D eigenvalue weighted by Crippen LogP contribution is 2.36. The molecule has 1 rings (SSSR count). The van der Waals surface area contributed by atoms with E-state index < -0.39 is 0 Å². The van der Waals surface area contributed by atoms with Crippen LogP contribution in [-0.2, 0) is 0 Å². The number of halogens is 1. The molecule has 0 atom stereocenters. The largest absolute Gasteiger partial charge is 0.490 e. The molecule has 0 saturated carbocycles. The fourth-order valence-corrected chi connectivity index (χ4v) is 2.07. The van der Waals surface area contributed by atoms with E-state index in [1.54, 1.807) is 12.1 Å². The summed E-state index contributed by atoms with van der Waals surface area (Å²) in [5.74, 6) is 0.842. The average Bonchev–Trinajstić information content (AvgIpc) is 2.39. The van der Waals surface area contributed by atoms with Gasteiger partial charge in [-0.3, -0.25) is 4.79 Å². The first-order chi connectivity index (χ1) is 9.13. The summed E-state index contributed by atoms with van der Waals surface area (Å²) >= 11 is 3.37. The van der Waals surface area contributed by atoms with Gasteiger partial charge >= 0.3 is 0 Å². The second kappa shape index (κ2) is 8.01. The van der Waals surface area contributed by atoms with E-state index in [0.29, 0.717) is 34.7 Å². The molecular weight excluding hydrogens is 314 g/mol. The van der Waals surface area contributed by atoms with Crippen LogP contribution in [0.4, 0.5) is 0 Å². The van der Waals surface area contributed by atoms with Gasteiger partial charge < -0.3 is 19.9 Å². The van der Waals surface area contributed by atoms with Crippen molar-refractivity contribution in [1.29, 1.82) is 0 Å². The SMILES string of the molecule is CCOc1cc(C(=O)NCCO)cc(Br)c1OCC. The van der Waals surface area contributed by atoms with Crippen LogP contribution in [0.25, 0.3) is 0 Å². The molecule has 1 amide bonds. The molecule has 106 valence electrons. The van der Waals surface area contributed by atoms with Gasteiger partial charge in [0.2, 0.25) is 0 Å².